The summed E-state index contributed by atoms with van der Waals surface area (Å²) >= 11 is 6.06. The lowest BCUT2D eigenvalue weighted by atomic mass is 9.91. The predicted molar refractivity (Wildman–Crippen MR) is 62.4 cm³/mol. The van der Waals surface area contributed by atoms with Gasteiger partial charge in [0.1, 0.15) is 5.82 Å². The summed E-state index contributed by atoms with van der Waals surface area (Å²) in [6, 6.07) is 1.59. The van der Waals surface area contributed by atoms with Gasteiger partial charge in [0.25, 0.3) is 0 Å². The van der Waals surface area contributed by atoms with E-state index in [2.05, 4.69) is 4.98 Å². The number of Topliss-reactive ketones (excluding diaryl/α,β-unsaturated/α-hetero) is 1. The average molecular weight is 227 g/mol. The molecule has 0 unspecified atom stereocenters. The molecule has 1 aromatic heterocycles. The van der Waals surface area contributed by atoms with Crippen LogP contribution in [0, 0.1) is 0 Å². The molecule has 0 saturated heterocycles. The molecular formula is C11H15ClN2O. The Morgan fingerprint density at radius 1 is 1.47 bits per heavy atom. The summed E-state index contributed by atoms with van der Waals surface area (Å²) in [4.78, 5) is 15.4. The molecule has 82 valence electrons. The molecule has 0 fully saturated rings. The van der Waals surface area contributed by atoms with Crippen molar-refractivity contribution in [1.29, 1.82) is 0 Å². The van der Waals surface area contributed by atoms with Gasteiger partial charge < -0.3 is 5.73 Å². The van der Waals surface area contributed by atoms with E-state index in [1.807, 2.05) is 20.8 Å². The molecule has 1 rings (SSSR count). The molecule has 0 radical (unpaired) electrons. The van der Waals surface area contributed by atoms with E-state index in [-0.39, 0.29) is 17.0 Å². The Morgan fingerprint density at radius 2 is 2.00 bits per heavy atom. The number of carbonyl (C=O) groups excluding carboxylic acids is 1. The highest BCUT2D eigenvalue weighted by Crippen LogP contribution is 2.30. The standard InChI is InChI=1S/C11H15ClN2O/c1-6(15)7-5-8(12)9(11(2,3)4)14-10(7)13/h5H,1-4H3,(H2,13,14). The first-order valence-corrected chi connectivity index (χ1v) is 5.08. The van der Waals surface area contributed by atoms with Crippen molar-refractivity contribution in [3.8, 4) is 0 Å². The first kappa shape index (κ1) is 12.0. The zero-order valence-corrected chi connectivity index (χ0v) is 10.1. The summed E-state index contributed by atoms with van der Waals surface area (Å²) in [5, 5.41) is 0.488. The maximum absolute atomic E-state index is 11.2. The van der Waals surface area contributed by atoms with E-state index in [0.29, 0.717) is 16.3 Å². The molecule has 0 aliphatic rings. The molecule has 0 bridgehead atoms. The highest BCUT2D eigenvalue weighted by atomic mass is 35.5. The van der Waals surface area contributed by atoms with Gasteiger partial charge in [-0.3, -0.25) is 4.79 Å². The molecule has 0 atom stereocenters. The fourth-order valence-electron chi connectivity index (χ4n) is 1.31. The van der Waals surface area contributed by atoms with Gasteiger partial charge in [-0.2, -0.15) is 0 Å². The van der Waals surface area contributed by atoms with Crippen LogP contribution in [0.3, 0.4) is 0 Å². The Bertz CT molecular complexity index is 408. The molecule has 0 aliphatic carbocycles. The van der Waals surface area contributed by atoms with Gasteiger partial charge in [0.2, 0.25) is 0 Å². The van der Waals surface area contributed by atoms with Crippen LogP contribution in [-0.2, 0) is 5.41 Å². The van der Waals surface area contributed by atoms with Gasteiger partial charge in [0.05, 0.1) is 16.3 Å². The molecule has 0 amide bonds. The van der Waals surface area contributed by atoms with Gasteiger partial charge in [0, 0.05) is 5.41 Å². The second-order valence-electron chi connectivity index (χ2n) is 4.56. The second kappa shape index (κ2) is 3.81. The van der Waals surface area contributed by atoms with Gasteiger partial charge in [-0.1, -0.05) is 32.4 Å². The quantitative estimate of drug-likeness (QED) is 0.750. The molecule has 1 aromatic rings. The summed E-state index contributed by atoms with van der Waals surface area (Å²) in [7, 11) is 0. The summed E-state index contributed by atoms with van der Waals surface area (Å²) in [6.45, 7) is 7.43. The molecule has 0 aromatic carbocycles. The summed E-state index contributed by atoms with van der Waals surface area (Å²) in [5.41, 5.74) is 6.61. The van der Waals surface area contributed by atoms with Gasteiger partial charge in [-0.15, -0.1) is 0 Å². The number of nitrogens with zero attached hydrogens (tertiary/aromatic N) is 1. The third-order valence-electron chi connectivity index (χ3n) is 2.10. The van der Waals surface area contributed by atoms with E-state index >= 15 is 0 Å². The van der Waals surface area contributed by atoms with Crippen LogP contribution in [0.2, 0.25) is 5.02 Å². The zero-order valence-electron chi connectivity index (χ0n) is 9.39. The van der Waals surface area contributed by atoms with Crippen molar-refractivity contribution in [2.24, 2.45) is 0 Å². The molecular weight excluding hydrogens is 212 g/mol. The van der Waals surface area contributed by atoms with Crippen LogP contribution in [0.5, 0.6) is 0 Å². The van der Waals surface area contributed by atoms with Crippen molar-refractivity contribution in [2.75, 3.05) is 5.73 Å². The zero-order chi connectivity index (χ0) is 11.8. The Labute approximate surface area is 94.6 Å². The number of carbonyl (C=O) groups is 1. The third kappa shape index (κ3) is 2.48. The number of rotatable bonds is 1. The van der Waals surface area contributed by atoms with Crippen molar-refractivity contribution < 1.29 is 4.79 Å². The number of aromatic nitrogens is 1. The minimum atomic E-state index is -0.180. The molecule has 4 heteroatoms. The molecule has 3 nitrogen and oxygen atoms in total. The normalized spacial score (nSPS) is 11.5. The predicted octanol–water partition coefficient (Wildman–Crippen LogP) is 2.82. The lowest BCUT2D eigenvalue weighted by molar-refractivity contribution is 0.101. The molecule has 0 spiro atoms. The molecule has 0 saturated carbocycles. The number of halogens is 1. The van der Waals surface area contributed by atoms with Crippen molar-refractivity contribution in [1.82, 2.24) is 4.98 Å². The van der Waals surface area contributed by atoms with Crippen LogP contribution < -0.4 is 5.73 Å². The van der Waals surface area contributed by atoms with Crippen LogP contribution in [-0.4, -0.2) is 10.8 Å². The third-order valence-corrected chi connectivity index (χ3v) is 2.38. The summed E-state index contributed by atoms with van der Waals surface area (Å²) in [6.07, 6.45) is 0. The minimum Gasteiger partial charge on any atom is -0.383 e. The van der Waals surface area contributed by atoms with Crippen molar-refractivity contribution in [2.45, 2.75) is 33.1 Å². The van der Waals surface area contributed by atoms with E-state index in [0.717, 1.165) is 0 Å². The molecule has 0 aliphatic heterocycles. The first-order valence-electron chi connectivity index (χ1n) is 4.71. The van der Waals surface area contributed by atoms with E-state index in [1.165, 1.54) is 6.92 Å². The smallest absolute Gasteiger partial charge is 0.163 e. The topological polar surface area (TPSA) is 56.0 Å². The Balaban J connectivity index is 3.39. The number of nitrogens with two attached hydrogens (primary N) is 1. The molecule has 15 heavy (non-hydrogen) atoms. The highest BCUT2D eigenvalue weighted by molar-refractivity contribution is 6.31. The largest absolute Gasteiger partial charge is 0.383 e. The molecule has 1 heterocycles. The van der Waals surface area contributed by atoms with Crippen molar-refractivity contribution >= 4 is 23.2 Å². The Hall–Kier alpha value is -1.09. The number of hydrogen-bond donors (Lipinski definition) is 1. The lowest BCUT2D eigenvalue weighted by Gasteiger charge is -2.20. The van der Waals surface area contributed by atoms with E-state index in [4.69, 9.17) is 17.3 Å². The minimum absolute atomic E-state index is 0.123. The van der Waals surface area contributed by atoms with Gasteiger partial charge in [0.15, 0.2) is 5.78 Å². The fourth-order valence-corrected chi connectivity index (χ4v) is 1.75. The van der Waals surface area contributed by atoms with E-state index in [9.17, 15) is 4.79 Å². The number of nitrogen functional groups attached to an aromatic ring is 1. The van der Waals surface area contributed by atoms with Crippen molar-refractivity contribution in [3.63, 3.8) is 0 Å². The fraction of sp³-hybridized carbons (Fsp3) is 0.455. The van der Waals surface area contributed by atoms with Crippen LogP contribution in [0.25, 0.3) is 0 Å². The molecule has 2 N–H and O–H groups in total. The average Bonchev–Trinajstić information content (AvgIpc) is 2.06. The lowest BCUT2D eigenvalue weighted by Crippen LogP contribution is -2.17. The summed E-state index contributed by atoms with van der Waals surface area (Å²) in [5.74, 6) is 0.124. The van der Waals surface area contributed by atoms with Crippen LogP contribution in [0.15, 0.2) is 6.07 Å². The van der Waals surface area contributed by atoms with Crippen LogP contribution in [0.4, 0.5) is 5.82 Å². The second-order valence-corrected chi connectivity index (χ2v) is 4.96. The summed E-state index contributed by atoms with van der Waals surface area (Å²) < 4.78 is 0. The van der Waals surface area contributed by atoms with Gasteiger partial charge in [-0.25, -0.2) is 4.98 Å². The number of hydrogen-bond acceptors (Lipinski definition) is 3. The highest BCUT2D eigenvalue weighted by Gasteiger charge is 2.21. The number of pyridine rings is 1. The maximum atomic E-state index is 11.2. The SMILES string of the molecule is CC(=O)c1cc(Cl)c(C(C)(C)C)nc1N. The Morgan fingerprint density at radius 3 is 2.40 bits per heavy atom. The van der Waals surface area contributed by atoms with E-state index in [1.54, 1.807) is 6.07 Å². The monoisotopic (exact) mass is 226 g/mol. The number of ketones is 1. The van der Waals surface area contributed by atoms with Crippen LogP contribution in [0.1, 0.15) is 43.7 Å². The Kier molecular flexibility index (Phi) is 3.05. The maximum Gasteiger partial charge on any atom is 0.163 e. The van der Waals surface area contributed by atoms with Gasteiger partial charge in [-0.05, 0) is 13.0 Å². The first-order chi connectivity index (χ1) is 6.73. The van der Waals surface area contributed by atoms with Gasteiger partial charge >= 0.3 is 0 Å². The number of anilines is 1. The van der Waals surface area contributed by atoms with E-state index < -0.39 is 0 Å². The van der Waals surface area contributed by atoms with Crippen molar-refractivity contribution in [3.05, 3.63) is 22.3 Å². The van der Waals surface area contributed by atoms with Crippen LogP contribution >= 0.6 is 11.6 Å².